The molecule has 1 aromatic rings. The van der Waals surface area contributed by atoms with Gasteiger partial charge in [-0.25, -0.2) is 4.98 Å². The summed E-state index contributed by atoms with van der Waals surface area (Å²) < 4.78 is 5.24. The van der Waals surface area contributed by atoms with E-state index in [1.165, 1.54) is 11.1 Å². The topological polar surface area (TPSA) is 37.4 Å². The van der Waals surface area contributed by atoms with Gasteiger partial charge < -0.3 is 15.0 Å². The number of rotatable bonds is 9. The summed E-state index contributed by atoms with van der Waals surface area (Å²) in [5.41, 5.74) is 2.47. The van der Waals surface area contributed by atoms with Crippen LogP contribution in [0.1, 0.15) is 45.2 Å². The number of hydrogen-bond acceptors (Lipinski definition) is 4. The second kappa shape index (κ2) is 9.00. The number of ether oxygens (including phenoxy) is 1. The van der Waals surface area contributed by atoms with E-state index in [-0.39, 0.29) is 0 Å². The van der Waals surface area contributed by atoms with Crippen LogP contribution in [-0.4, -0.2) is 37.3 Å². The van der Waals surface area contributed by atoms with Crippen molar-refractivity contribution in [2.75, 3.05) is 25.2 Å². The van der Waals surface area contributed by atoms with Crippen molar-refractivity contribution in [3.8, 4) is 0 Å². The number of anilines is 1. The van der Waals surface area contributed by atoms with E-state index in [0.717, 1.165) is 31.9 Å². The van der Waals surface area contributed by atoms with Gasteiger partial charge in [0.1, 0.15) is 5.82 Å². The Bertz CT molecular complexity index is 420. The van der Waals surface area contributed by atoms with Gasteiger partial charge in [0, 0.05) is 38.5 Å². The van der Waals surface area contributed by atoms with Gasteiger partial charge in [-0.1, -0.05) is 20.8 Å². The monoisotopic (exact) mass is 293 g/mol. The molecule has 0 saturated heterocycles. The van der Waals surface area contributed by atoms with Crippen LogP contribution in [0.25, 0.3) is 0 Å². The highest BCUT2D eigenvalue weighted by molar-refractivity contribution is 5.48. The predicted molar refractivity (Wildman–Crippen MR) is 89.9 cm³/mol. The predicted octanol–water partition coefficient (Wildman–Crippen LogP) is 3.14. The van der Waals surface area contributed by atoms with E-state index < -0.39 is 0 Å². The Labute approximate surface area is 129 Å². The van der Waals surface area contributed by atoms with Gasteiger partial charge in [-0.2, -0.15) is 0 Å². The molecule has 0 aliphatic carbocycles. The van der Waals surface area contributed by atoms with E-state index in [4.69, 9.17) is 9.72 Å². The van der Waals surface area contributed by atoms with E-state index in [9.17, 15) is 0 Å². The summed E-state index contributed by atoms with van der Waals surface area (Å²) >= 11 is 0. The van der Waals surface area contributed by atoms with Crippen LogP contribution < -0.4 is 10.2 Å². The largest absolute Gasteiger partial charge is 0.383 e. The molecular formula is C17H31N3O. The van der Waals surface area contributed by atoms with Crippen LogP contribution in [0.4, 0.5) is 5.82 Å². The molecule has 0 spiro atoms. The molecule has 0 amide bonds. The minimum atomic E-state index is 0.464. The molecule has 120 valence electrons. The Balaban J connectivity index is 2.88. The zero-order valence-corrected chi connectivity index (χ0v) is 14.4. The number of nitrogens with zero attached hydrogens (tertiary/aromatic N) is 2. The molecule has 1 N–H and O–H groups in total. The molecule has 1 unspecified atom stereocenters. The Morgan fingerprint density at radius 2 is 2.05 bits per heavy atom. The highest BCUT2D eigenvalue weighted by Crippen LogP contribution is 2.21. The number of aromatic nitrogens is 1. The fourth-order valence-electron chi connectivity index (χ4n) is 2.29. The van der Waals surface area contributed by atoms with Crippen molar-refractivity contribution < 1.29 is 4.74 Å². The first-order valence-corrected chi connectivity index (χ1v) is 7.94. The van der Waals surface area contributed by atoms with Gasteiger partial charge in [0.15, 0.2) is 0 Å². The summed E-state index contributed by atoms with van der Waals surface area (Å²) in [6.45, 7) is 13.4. The van der Waals surface area contributed by atoms with E-state index in [1.54, 1.807) is 7.11 Å². The summed E-state index contributed by atoms with van der Waals surface area (Å²) in [5.74, 6) is 1.08. The fourth-order valence-corrected chi connectivity index (χ4v) is 2.29. The van der Waals surface area contributed by atoms with Crippen LogP contribution in [0.3, 0.4) is 0 Å². The van der Waals surface area contributed by atoms with Crippen molar-refractivity contribution in [2.45, 2.75) is 59.7 Å². The number of pyridine rings is 1. The average molecular weight is 293 g/mol. The second-order valence-corrected chi connectivity index (χ2v) is 5.96. The van der Waals surface area contributed by atoms with E-state index in [2.05, 4.69) is 50.9 Å². The zero-order chi connectivity index (χ0) is 15.8. The van der Waals surface area contributed by atoms with Gasteiger partial charge in [-0.3, -0.25) is 0 Å². The smallest absolute Gasteiger partial charge is 0.131 e. The van der Waals surface area contributed by atoms with E-state index >= 15 is 0 Å². The third kappa shape index (κ3) is 5.64. The fraction of sp³-hybridized carbons (Fsp3) is 0.706. The average Bonchev–Trinajstić information content (AvgIpc) is 2.46. The summed E-state index contributed by atoms with van der Waals surface area (Å²) in [5, 5.41) is 3.43. The third-order valence-corrected chi connectivity index (χ3v) is 3.75. The lowest BCUT2D eigenvalue weighted by Crippen LogP contribution is -2.36. The van der Waals surface area contributed by atoms with Crippen molar-refractivity contribution in [3.63, 3.8) is 0 Å². The number of aryl methyl sites for hydroxylation is 1. The normalized spacial score (nSPS) is 12.7. The molecule has 21 heavy (non-hydrogen) atoms. The Kier molecular flexibility index (Phi) is 7.68. The minimum absolute atomic E-state index is 0.464. The second-order valence-electron chi connectivity index (χ2n) is 5.96. The number of methoxy groups -OCH3 is 1. The number of hydrogen-bond donors (Lipinski definition) is 1. The molecule has 4 heteroatoms. The molecule has 0 aliphatic heterocycles. The summed E-state index contributed by atoms with van der Waals surface area (Å²) in [6, 6.07) is 3.19. The third-order valence-electron chi connectivity index (χ3n) is 3.75. The highest BCUT2D eigenvalue weighted by Gasteiger charge is 2.16. The lowest BCUT2D eigenvalue weighted by atomic mass is 10.1. The zero-order valence-electron chi connectivity index (χ0n) is 14.4. The maximum Gasteiger partial charge on any atom is 0.131 e. The molecule has 1 heterocycles. The first-order valence-electron chi connectivity index (χ1n) is 7.94. The van der Waals surface area contributed by atoms with Gasteiger partial charge in [-0.15, -0.1) is 0 Å². The Morgan fingerprint density at radius 1 is 1.33 bits per heavy atom. The summed E-state index contributed by atoms with van der Waals surface area (Å²) in [7, 11) is 1.75. The van der Waals surface area contributed by atoms with Crippen molar-refractivity contribution >= 4 is 5.82 Å². The molecular weight excluding hydrogens is 262 g/mol. The molecule has 0 radical (unpaired) electrons. The minimum Gasteiger partial charge on any atom is -0.383 e. The van der Waals surface area contributed by atoms with Crippen LogP contribution in [0, 0.1) is 6.92 Å². The molecule has 0 aromatic carbocycles. The van der Waals surface area contributed by atoms with E-state index in [1.807, 2.05) is 6.20 Å². The molecule has 1 rings (SSSR count). The molecule has 0 fully saturated rings. The molecule has 1 atom stereocenters. The Hall–Kier alpha value is -1.13. The van der Waals surface area contributed by atoms with Gasteiger partial charge in [0.25, 0.3) is 0 Å². The van der Waals surface area contributed by atoms with Gasteiger partial charge in [0.2, 0.25) is 0 Å². The standard InChI is InChI=1S/C17H31N3O/c1-7-15(5)20(8-9-21-6)17-14(4)10-16(12-19-17)11-18-13(2)3/h10,12-13,15,18H,7-9,11H2,1-6H3. The van der Waals surface area contributed by atoms with Crippen LogP contribution in [0.5, 0.6) is 0 Å². The first kappa shape index (κ1) is 17.9. The van der Waals surface area contributed by atoms with Gasteiger partial charge in [-0.05, 0) is 37.5 Å². The molecule has 0 aliphatic rings. The summed E-state index contributed by atoms with van der Waals surface area (Å²) in [6.07, 6.45) is 3.08. The molecule has 1 aromatic heterocycles. The Morgan fingerprint density at radius 3 is 2.57 bits per heavy atom. The molecule has 0 bridgehead atoms. The quantitative estimate of drug-likeness (QED) is 0.759. The van der Waals surface area contributed by atoms with Crippen LogP contribution in [-0.2, 0) is 11.3 Å². The highest BCUT2D eigenvalue weighted by atomic mass is 16.5. The SMILES string of the molecule is CCC(C)N(CCOC)c1ncc(CNC(C)C)cc1C. The summed E-state index contributed by atoms with van der Waals surface area (Å²) in [4.78, 5) is 7.05. The van der Waals surface area contributed by atoms with Crippen molar-refractivity contribution in [1.29, 1.82) is 0 Å². The first-order chi connectivity index (χ1) is 9.99. The van der Waals surface area contributed by atoms with Gasteiger partial charge in [0.05, 0.1) is 6.61 Å². The lowest BCUT2D eigenvalue weighted by molar-refractivity contribution is 0.203. The maximum atomic E-state index is 5.24. The number of nitrogens with one attached hydrogen (secondary N) is 1. The van der Waals surface area contributed by atoms with E-state index in [0.29, 0.717) is 12.1 Å². The van der Waals surface area contributed by atoms with Gasteiger partial charge >= 0.3 is 0 Å². The van der Waals surface area contributed by atoms with Crippen LogP contribution in [0.2, 0.25) is 0 Å². The van der Waals surface area contributed by atoms with Crippen molar-refractivity contribution in [1.82, 2.24) is 10.3 Å². The molecule has 0 saturated carbocycles. The van der Waals surface area contributed by atoms with Crippen molar-refractivity contribution in [2.24, 2.45) is 0 Å². The van der Waals surface area contributed by atoms with Crippen molar-refractivity contribution in [3.05, 3.63) is 23.4 Å². The van der Waals surface area contributed by atoms with Crippen LogP contribution >= 0.6 is 0 Å². The lowest BCUT2D eigenvalue weighted by Gasteiger charge is -2.31. The molecule has 4 nitrogen and oxygen atoms in total. The van der Waals surface area contributed by atoms with Crippen LogP contribution in [0.15, 0.2) is 12.3 Å². The maximum absolute atomic E-state index is 5.24.